The second-order valence-electron chi connectivity index (χ2n) is 3.62. The summed E-state index contributed by atoms with van der Waals surface area (Å²) in [6.07, 6.45) is 0.480. The van der Waals surface area contributed by atoms with Crippen LogP contribution < -0.4 is 5.32 Å². The molecule has 1 aromatic rings. The largest absolute Gasteiger partial charge is 0.467 e. The summed E-state index contributed by atoms with van der Waals surface area (Å²) in [5.74, 6) is -0.755. The van der Waals surface area contributed by atoms with Gasteiger partial charge in [0.2, 0.25) is 0 Å². The van der Waals surface area contributed by atoms with Gasteiger partial charge in [0, 0.05) is 14.5 Å². The first-order valence-electron chi connectivity index (χ1n) is 5.32. The van der Waals surface area contributed by atoms with Crippen LogP contribution >= 0.6 is 31.9 Å². The Hall–Kier alpha value is -0.880. The number of amides is 1. The summed E-state index contributed by atoms with van der Waals surface area (Å²) < 4.78 is 6.19. The van der Waals surface area contributed by atoms with Gasteiger partial charge in [-0.15, -0.1) is 0 Å². The van der Waals surface area contributed by atoms with Gasteiger partial charge in [-0.1, -0.05) is 38.8 Å². The first kappa shape index (κ1) is 15.2. The monoisotopic (exact) mass is 377 g/mol. The van der Waals surface area contributed by atoms with E-state index in [0.29, 0.717) is 12.0 Å². The normalized spacial score (nSPS) is 11.8. The fraction of sp³-hybridized carbons (Fsp3) is 0.333. The van der Waals surface area contributed by atoms with Crippen molar-refractivity contribution in [3.8, 4) is 0 Å². The van der Waals surface area contributed by atoms with Gasteiger partial charge in [-0.2, -0.15) is 0 Å². The van der Waals surface area contributed by atoms with E-state index >= 15 is 0 Å². The minimum Gasteiger partial charge on any atom is -0.467 e. The third kappa shape index (κ3) is 4.10. The van der Waals surface area contributed by atoms with E-state index in [1.165, 1.54) is 7.11 Å². The molecular formula is C12H13Br2NO3. The summed E-state index contributed by atoms with van der Waals surface area (Å²) in [6, 6.07) is 4.57. The molecule has 0 radical (unpaired) electrons. The smallest absolute Gasteiger partial charge is 0.328 e. The lowest BCUT2D eigenvalue weighted by molar-refractivity contribution is -0.142. The number of halogens is 2. The third-order valence-corrected chi connectivity index (χ3v) is 3.24. The van der Waals surface area contributed by atoms with Crippen LogP contribution in [0.5, 0.6) is 0 Å². The maximum Gasteiger partial charge on any atom is 0.328 e. The van der Waals surface area contributed by atoms with Gasteiger partial charge in [-0.05, 0) is 24.6 Å². The summed E-state index contributed by atoms with van der Waals surface area (Å²) in [5, 5.41) is 2.63. The highest BCUT2D eigenvalue weighted by molar-refractivity contribution is 9.11. The molecule has 1 atom stereocenters. The number of hydrogen-bond donors (Lipinski definition) is 1. The van der Waals surface area contributed by atoms with Gasteiger partial charge in [0.15, 0.2) is 0 Å². The molecule has 1 N–H and O–H groups in total. The molecule has 6 heteroatoms. The Balaban J connectivity index is 2.84. The highest BCUT2D eigenvalue weighted by atomic mass is 79.9. The zero-order valence-electron chi connectivity index (χ0n) is 10.00. The lowest BCUT2D eigenvalue weighted by Gasteiger charge is -2.14. The van der Waals surface area contributed by atoms with Crippen LogP contribution in [0.25, 0.3) is 0 Å². The number of carbonyl (C=O) groups excluding carboxylic acids is 2. The van der Waals surface area contributed by atoms with Crippen molar-refractivity contribution in [1.82, 2.24) is 5.32 Å². The highest BCUT2D eigenvalue weighted by Gasteiger charge is 2.20. The number of rotatable bonds is 4. The van der Waals surface area contributed by atoms with Crippen molar-refractivity contribution in [2.24, 2.45) is 0 Å². The van der Waals surface area contributed by atoms with Gasteiger partial charge in [0.1, 0.15) is 6.04 Å². The number of nitrogens with one attached hydrogen (secondary N) is 1. The van der Waals surface area contributed by atoms with Gasteiger partial charge in [0.25, 0.3) is 5.91 Å². The van der Waals surface area contributed by atoms with Crippen LogP contribution in [0.3, 0.4) is 0 Å². The fourth-order valence-corrected chi connectivity index (χ4v) is 2.69. The molecule has 0 bridgehead atoms. The second kappa shape index (κ2) is 6.89. The molecular weight excluding hydrogens is 366 g/mol. The zero-order chi connectivity index (χ0) is 13.7. The summed E-state index contributed by atoms with van der Waals surface area (Å²) in [4.78, 5) is 23.4. The number of benzene rings is 1. The van der Waals surface area contributed by atoms with Crippen molar-refractivity contribution in [2.45, 2.75) is 19.4 Å². The van der Waals surface area contributed by atoms with E-state index in [0.717, 1.165) is 8.95 Å². The molecule has 0 fully saturated rings. The lowest BCUT2D eigenvalue weighted by atomic mass is 10.1. The SMILES string of the molecule is CC[C@@H](NC(=O)c1cc(Br)cc(Br)c1)C(=O)OC. The van der Waals surface area contributed by atoms with Gasteiger partial charge in [0.05, 0.1) is 7.11 Å². The molecule has 1 aromatic carbocycles. The maximum absolute atomic E-state index is 12.0. The van der Waals surface area contributed by atoms with Crippen LogP contribution in [0.15, 0.2) is 27.1 Å². The van der Waals surface area contributed by atoms with Crippen molar-refractivity contribution < 1.29 is 14.3 Å². The molecule has 4 nitrogen and oxygen atoms in total. The lowest BCUT2D eigenvalue weighted by Crippen LogP contribution is -2.41. The molecule has 0 aliphatic carbocycles. The number of ether oxygens (including phenoxy) is 1. The average Bonchev–Trinajstić information content (AvgIpc) is 2.33. The minimum atomic E-state index is -0.625. The standard InChI is InChI=1S/C12H13Br2NO3/c1-3-10(12(17)18-2)15-11(16)7-4-8(13)6-9(14)5-7/h4-6,10H,3H2,1-2H3,(H,15,16)/t10-/m1/s1. The highest BCUT2D eigenvalue weighted by Crippen LogP contribution is 2.20. The summed E-state index contributed by atoms with van der Waals surface area (Å²) in [7, 11) is 1.30. The Morgan fingerprint density at radius 3 is 2.28 bits per heavy atom. The second-order valence-corrected chi connectivity index (χ2v) is 5.45. The Bertz CT molecular complexity index is 442. The first-order valence-corrected chi connectivity index (χ1v) is 6.91. The number of carbonyl (C=O) groups is 2. The Morgan fingerprint density at radius 1 is 1.28 bits per heavy atom. The van der Waals surface area contributed by atoms with Crippen LogP contribution in [-0.4, -0.2) is 25.0 Å². The fourth-order valence-electron chi connectivity index (χ4n) is 1.40. The van der Waals surface area contributed by atoms with Crippen LogP contribution in [0.4, 0.5) is 0 Å². The summed E-state index contributed by atoms with van der Waals surface area (Å²) >= 11 is 6.61. The van der Waals surface area contributed by atoms with E-state index in [1.807, 2.05) is 6.07 Å². The first-order chi connectivity index (χ1) is 8.47. The van der Waals surface area contributed by atoms with Gasteiger partial charge < -0.3 is 10.1 Å². The van der Waals surface area contributed by atoms with Crippen LogP contribution in [0, 0.1) is 0 Å². The molecule has 0 unspecified atom stereocenters. The topological polar surface area (TPSA) is 55.4 Å². The van der Waals surface area contributed by atoms with E-state index in [9.17, 15) is 9.59 Å². The molecule has 0 heterocycles. The molecule has 1 rings (SSSR count). The van der Waals surface area contributed by atoms with Crippen LogP contribution in [0.2, 0.25) is 0 Å². The molecule has 0 spiro atoms. The summed E-state index contributed by atoms with van der Waals surface area (Å²) in [6.45, 7) is 1.80. The molecule has 0 aliphatic heterocycles. The van der Waals surface area contributed by atoms with E-state index in [1.54, 1.807) is 19.1 Å². The minimum absolute atomic E-state index is 0.311. The van der Waals surface area contributed by atoms with E-state index in [4.69, 9.17) is 0 Å². The maximum atomic E-state index is 12.0. The van der Waals surface area contributed by atoms with Gasteiger partial charge >= 0.3 is 5.97 Å². The van der Waals surface area contributed by atoms with E-state index in [-0.39, 0.29) is 5.91 Å². The molecule has 0 saturated carbocycles. The third-order valence-electron chi connectivity index (χ3n) is 2.32. The molecule has 18 heavy (non-hydrogen) atoms. The van der Waals surface area contributed by atoms with Gasteiger partial charge in [-0.3, -0.25) is 4.79 Å². The average molecular weight is 379 g/mol. The Kier molecular flexibility index (Phi) is 5.81. The Morgan fingerprint density at radius 2 is 1.83 bits per heavy atom. The van der Waals surface area contributed by atoms with Crippen molar-refractivity contribution in [2.75, 3.05) is 7.11 Å². The van der Waals surface area contributed by atoms with Crippen LogP contribution in [-0.2, 0) is 9.53 Å². The molecule has 98 valence electrons. The van der Waals surface area contributed by atoms with Crippen LogP contribution in [0.1, 0.15) is 23.7 Å². The van der Waals surface area contributed by atoms with Gasteiger partial charge in [-0.25, -0.2) is 4.79 Å². The number of methoxy groups -OCH3 is 1. The van der Waals surface area contributed by atoms with Crippen molar-refractivity contribution in [3.05, 3.63) is 32.7 Å². The zero-order valence-corrected chi connectivity index (χ0v) is 13.2. The quantitative estimate of drug-likeness (QED) is 0.819. The molecule has 0 aliphatic rings. The predicted molar refractivity (Wildman–Crippen MR) is 75.4 cm³/mol. The number of esters is 1. The van der Waals surface area contributed by atoms with Crippen molar-refractivity contribution in [1.29, 1.82) is 0 Å². The molecule has 1 amide bonds. The molecule has 0 aromatic heterocycles. The summed E-state index contributed by atoms with van der Waals surface area (Å²) in [5.41, 5.74) is 0.471. The number of hydrogen-bond acceptors (Lipinski definition) is 3. The molecule has 0 saturated heterocycles. The van der Waals surface area contributed by atoms with Crippen molar-refractivity contribution >= 4 is 43.7 Å². The predicted octanol–water partition coefficient (Wildman–Crippen LogP) is 2.89. The van der Waals surface area contributed by atoms with Crippen molar-refractivity contribution in [3.63, 3.8) is 0 Å². The van der Waals surface area contributed by atoms with E-state index < -0.39 is 12.0 Å². The Labute approximate surface area is 122 Å². The van der Waals surface area contributed by atoms with E-state index in [2.05, 4.69) is 41.9 Å².